The summed E-state index contributed by atoms with van der Waals surface area (Å²) in [7, 11) is 0. The van der Waals surface area contributed by atoms with E-state index in [0.717, 1.165) is 5.56 Å². The number of hydrogen-bond donors (Lipinski definition) is 0. The summed E-state index contributed by atoms with van der Waals surface area (Å²) < 4.78 is 14.4. The van der Waals surface area contributed by atoms with Crippen LogP contribution in [0.3, 0.4) is 0 Å². The third-order valence-electron chi connectivity index (χ3n) is 2.85. The Morgan fingerprint density at radius 3 is 2.76 bits per heavy atom. The second-order valence-corrected chi connectivity index (χ2v) is 5.04. The van der Waals surface area contributed by atoms with Crippen LogP contribution in [-0.4, -0.2) is 25.2 Å². The highest BCUT2D eigenvalue weighted by Gasteiger charge is 2.14. The van der Waals surface area contributed by atoms with Gasteiger partial charge in [-0.2, -0.15) is 4.39 Å². The van der Waals surface area contributed by atoms with Gasteiger partial charge in [-0.25, -0.2) is 9.67 Å². The van der Waals surface area contributed by atoms with E-state index in [2.05, 4.69) is 20.5 Å². The minimum absolute atomic E-state index is 0.346. The van der Waals surface area contributed by atoms with Crippen molar-refractivity contribution in [3.05, 3.63) is 58.1 Å². The molecule has 106 valence electrons. The molecule has 0 atom stereocenters. The summed E-state index contributed by atoms with van der Waals surface area (Å²) in [5, 5.41) is 12.3. The Balaban J connectivity index is 1.97. The molecule has 0 bridgehead atoms. The van der Waals surface area contributed by atoms with E-state index in [1.54, 1.807) is 28.9 Å². The molecule has 21 heavy (non-hydrogen) atoms. The van der Waals surface area contributed by atoms with Crippen molar-refractivity contribution in [2.24, 2.45) is 0 Å². The predicted molar refractivity (Wildman–Crippen MR) is 76.6 cm³/mol. The Morgan fingerprint density at radius 1 is 1.14 bits per heavy atom. The number of tetrazole rings is 1. The molecule has 0 amide bonds. The van der Waals surface area contributed by atoms with Crippen molar-refractivity contribution in [3.63, 3.8) is 0 Å². The van der Waals surface area contributed by atoms with Crippen LogP contribution in [0.2, 0.25) is 10.0 Å². The van der Waals surface area contributed by atoms with Crippen molar-refractivity contribution < 1.29 is 4.39 Å². The summed E-state index contributed by atoms with van der Waals surface area (Å²) in [6.45, 7) is 0.346. The van der Waals surface area contributed by atoms with Gasteiger partial charge in [-0.3, -0.25) is 0 Å². The fourth-order valence-electron chi connectivity index (χ4n) is 1.85. The normalized spacial score (nSPS) is 10.8. The van der Waals surface area contributed by atoms with E-state index in [4.69, 9.17) is 23.2 Å². The van der Waals surface area contributed by atoms with E-state index >= 15 is 0 Å². The molecule has 0 radical (unpaired) electrons. The number of benzene rings is 1. The van der Waals surface area contributed by atoms with E-state index in [-0.39, 0.29) is 0 Å². The van der Waals surface area contributed by atoms with Gasteiger partial charge in [0.15, 0.2) is 5.82 Å². The first kappa shape index (κ1) is 13.9. The zero-order valence-corrected chi connectivity index (χ0v) is 12.1. The molecule has 0 aliphatic carbocycles. The topological polar surface area (TPSA) is 56.5 Å². The summed E-state index contributed by atoms with van der Waals surface area (Å²) in [6.07, 6.45) is 1.43. The quantitative estimate of drug-likeness (QED) is 0.694. The lowest BCUT2D eigenvalue weighted by Gasteiger charge is -2.07. The van der Waals surface area contributed by atoms with Gasteiger partial charge in [-0.1, -0.05) is 35.3 Å². The number of nitrogens with zero attached hydrogens (tertiary/aromatic N) is 5. The van der Waals surface area contributed by atoms with Gasteiger partial charge in [0.1, 0.15) is 0 Å². The highest BCUT2D eigenvalue weighted by molar-refractivity contribution is 6.43. The summed E-state index contributed by atoms with van der Waals surface area (Å²) in [6, 6.07) is 8.13. The lowest BCUT2D eigenvalue weighted by Crippen LogP contribution is -2.05. The van der Waals surface area contributed by atoms with Crippen molar-refractivity contribution >= 4 is 23.2 Å². The molecular weight excluding hydrogens is 316 g/mol. The average Bonchev–Trinajstić information content (AvgIpc) is 2.92. The van der Waals surface area contributed by atoms with Crippen molar-refractivity contribution in [3.8, 4) is 11.4 Å². The number of hydrogen-bond acceptors (Lipinski definition) is 4. The van der Waals surface area contributed by atoms with Crippen molar-refractivity contribution in [1.82, 2.24) is 25.2 Å². The van der Waals surface area contributed by atoms with Crippen LogP contribution in [0.15, 0.2) is 36.5 Å². The molecule has 0 fully saturated rings. The van der Waals surface area contributed by atoms with Crippen LogP contribution in [0.4, 0.5) is 4.39 Å². The largest absolute Gasteiger partial charge is 0.228 e. The van der Waals surface area contributed by atoms with Crippen molar-refractivity contribution in [2.45, 2.75) is 6.54 Å². The first-order valence-electron chi connectivity index (χ1n) is 5.96. The molecule has 5 nitrogen and oxygen atoms in total. The molecule has 0 N–H and O–H groups in total. The van der Waals surface area contributed by atoms with Crippen LogP contribution >= 0.6 is 23.2 Å². The summed E-state index contributed by atoms with van der Waals surface area (Å²) in [4.78, 5) is 3.60. The fourth-order valence-corrected chi connectivity index (χ4v) is 2.24. The second kappa shape index (κ2) is 5.75. The van der Waals surface area contributed by atoms with Crippen LogP contribution in [0.1, 0.15) is 5.56 Å². The summed E-state index contributed by atoms with van der Waals surface area (Å²) in [5.41, 5.74) is 1.40. The van der Waals surface area contributed by atoms with Crippen LogP contribution in [-0.2, 0) is 6.54 Å². The maximum atomic E-state index is 12.8. The van der Waals surface area contributed by atoms with E-state index in [1.807, 2.05) is 0 Å². The molecule has 0 unspecified atom stereocenters. The molecule has 0 spiro atoms. The number of halogens is 3. The molecule has 3 rings (SSSR count). The van der Waals surface area contributed by atoms with Gasteiger partial charge in [0, 0.05) is 11.8 Å². The van der Waals surface area contributed by atoms with Gasteiger partial charge in [-0.15, -0.1) is 5.10 Å². The van der Waals surface area contributed by atoms with Crippen molar-refractivity contribution in [1.29, 1.82) is 0 Å². The lowest BCUT2D eigenvalue weighted by atomic mass is 10.2. The zero-order chi connectivity index (χ0) is 14.8. The van der Waals surface area contributed by atoms with Gasteiger partial charge >= 0.3 is 0 Å². The molecule has 0 aliphatic rings. The smallest absolute Gasteiger partial charge is 0.212 e. The van der Waals surface area contributed by atoms with Gasteiger partial charge in [0.25, 0.3) is 0 Å². The van der Waals surface area contributed by atoms with Gasteiger partial charge in [0.2, 0.25) is 5.95 Å². The minimum Gasteiger partial charge on any atom is -0.228 e. The van der Waals surface area contributed by atoms with E-state index in [0.29, 0.717) is 28.0 Å². The highest BCUT2D eigenvalue weighted by atomic mass is 35.5. The van der Waals surface area contributed by atoms with Crippen LogP contribution in [0.25, 0.3) is 11.4 Å². The number of rotatable bonds is 3. The predicted octanol–water partition coefficient (Wildman–Crippen LogP) is 3.23. The van der Waals surface area contributed by atoms with Gasteiger partial charge in [-0.05, 0) is 34.2 Å². The first-order chi connectivity index (χ1) is 10.1. The van der Waals surface area contributed by atoms with Crippen LogP contribution < -0.4 is 0 Å². The summed E-state index contributed by atoms with van der Waals surface area (Å²) >= 11 is 12.2. The molecule has 0 saturated carbocycles. The Hall–Kier alpha value is -2.05. The Kier molecular flexibility index (Phi) is 3.81. The molecule has 3 aromatic rings. The molecular formula is C13H8Cl2FN5. The fraction of sp³-hybridized carbons (Fsp3) is 0.0769. The lowest BCUT2D eigenvalue weighted by molar-refractivity contribution is 0.579. The monoisotopic (exact) mass is 323 g/mol. The van der Waals surface area contributed by atoms with Crippen LogP contribution in [0.5, 0.6) is 0 Å². The minimum atomic E-state index is -0.534. The van der Waals surface area contributed by atoms with E-state index < -0.39 is 5.95 Å². The van der Waals surface area contributed by atoms with E-state index in [9.17, 15) is 4.39 Å². The standard InChI is InChI=1S/C13H8Cl2FN5/c14-10-3-1-2-9(12(10)15)13-18-19-20-21(13)7-8-4-5-11(16)17-6-8/h1-6H,7H2. The Morgan fingerprint density at radius 2 is 2.00 bits per heavy atom. The second-order valence-electron chi connectivity index (χ2n) is 4.25. The number of pyridine rings is 1. The highest BCUT2D eigenvalue weighted by Crippen LogP contribution is 2.32. The van der Waals surface area contributed by atoms with Crippen molar-refractivity contribution in [2.75, 3.05) is 0 Å². The van der Waals surface area contributed by atoms with E-state index in [1.165, 1.54) is 12.3 Å². The average molecular weight is 324 g/mol. The van der Waals surface area contributed by atoms with Gasteiger partial charge in [0.05, 0.1) is 16.6 Å². The molecule has 0 aliphatic heterocycles. The zero-order valence-electron chi connectivity index (χ0n) is 10.5. The molecule has 2 aromatic heterocycles. The Bertz CT molecular complexity index is 772. The molecule has 2 heterocycles. The maximum Gasteiger partial charge on any atom is 0.212 e. The molecule has 8 heteroatoms. The van der Waals surface area contributed by atoms with Gasteiger partial charge < -0.3 is 0 Å². The molecule has 0 saturated heterocycles. The Labute approximate surface area is 129 Å². The summed E-state index contributed by atoms with van der Waals surface area (Å²) in [5.74, 6) is -0.0552. The SMILES string of the molecule is Fc1ccc(Cn2nnnc2-c2cccc(Cl)c2Cl)cn1. The number of aromatic nitrogens is 5. The third kappa shape index (κ3) is 2.86. The first-order valence-corrected chi connectivity index (χ1v) is 6.72. The van der Waals surface area contributed by atoms with Crippen LogP contribution in [0, 0.1) is 5.95 Å². The third-order valence-corrected chi connectivity index (χ3v) is 3.66. The molecule has 1 aromatic carbocycles. The maximum absolute atomic E-state index is 12.8.